The van der Waals surface area contributed by atoms with Crippen molar-refractivity contribution >= 4 is 0 Å². The molecular weight excluding hydrogens is 20500 g/mol. The van der Waals surface area contributed by atoms with E-state index in [1.807, 2.05) is 0 Å². The molecule has 0 rings (SSSR count). The maximum atomic E-state index is 0. The van der Waals surface area contributed by atoms with E-state index in [4.69, 9.17) is 0 Å². The van der Waals surface area contributed by atoms with Gasteiger partial charge in [0, 0.05) is 2680 Å². The van der Waals surface area contributed by atoms with Gasteiger partial charge in [0.15, 0.2) is 0 Å². The predicted molar refractivity (Wildman–Crippen MR) is 0 cm³/mol. The average molecular weight is 20500 g/mol. The molecule has 0 nitrogen and oxygen atoms in total. The summed E-state index contributed by atoms with van der Waals surface area (Å²) in [4.78, 5) is 0. The number of hydrogen-bond acceptors (Lipinski definition) is 0. The molecule has 0 unspecified atom stereocenters. The van der Waals surface area contributed by atoms with E-state index in [-0.39, 0.29) is 2680 Å². The van der Waals surface area contributed by atoms with E-state index in [1.165, 1.54) is 0 Å². The number of rotatable bonds is 0. The Morgan fingerprint density at radius 1 is 0.0116 bits per heavy atom. The van der Waals surface area contributed by atoms with Gasteiger partial charge in [-0.25, -0.2) is 0 Å². The van der Waals surface area contributed by atoms with Crippen molar-refractivity contribution in [1.82, 2.24) is 0 Å². The molecule has 86 heteroatoms. The molecular formula is U86. The van der Waals surface area contributed by atoms with E-state index >= 15 is 0 Å². The second-order valence-electron chi connectivity index (χ2n) is 0. The van der Waals surface area contributed by atoms with Crippen LogP contribution in [0.3, 0.4) is 0 Å². The van der Waals surface area contributed by atoms with Crippen molar-refractivity contribution in [2.24, 2.45) is 0 Å². The van der Waals surface area contributed by atoms with Crippen molar-refractivity contribution in [2.75, 3.05) is 0 Å². The molecule has 0 heterocycles. The van der Waals surface area contributed by atoms with Crippen molar-refractivity contribution in [3.8, 4) is 0 Å². The van der Waals surface area contributed by atoms with Crippen LogP contribution in [0, 0.1) is 2680 Å². The molecule has 0 atom stereocenters. The summed E-state index contributed by atoms with van der Waals surface area (Å²) < 4.78 is 0. The molecule has 0 fully saturated rings. The summed E-state index contributed by atoms with van der Waals surface area (Å²) in [7, 11) is 0. The quantitative estimate of drug-likeness (QED) is 0.321. The van der Waals surface area contributed by atoms with Crippen LogP contribution in [0.5, 0.6) is 0 Å². The summed E-state index contributed by atoms with van der Waals surface area (Å²) in [6.45, 7) is 0. The van der Waals surface area contributed by atoms with Gasteiger partial charge in [0.1, 0.15) is 0 Å². The van der Waals surface area contributed by atoms with Crippen LogP contribution in [0.15, 0.2) is 0 Å². The first-order chi connectivity index (χ1) is 0. The van der Waals surface area contributed by atoms with E-state index in [0.717, 1.165) is 0 Å². The van der Waals surface area contributed by atoms with Gasteiger partial charge in [0.2, 0.25) is 0 Å². The zero-order valence-corrected chi connectivity index (χ0v) is 401. The van der Waals surface area contributed by atoms with Gasteiger partial charge in [-0.2, -0.15) is 0 Å². The first-order valence-electron chi connectivity index (χ1n) is 0. The molecule has 0 aliphatic rings. The van der Waals surface area contributed by atoms with Crippen LogP contribution in [-0.2, 0) is 0 Å². The Kier molecular flexibility index (Phi) is 5040. The second-order valence-corrected chi connectivity index (χ2v) is 0. The van der Waals surface area contributed by atoms with Crippen LogP contribution in [0.2, 0.25) is 0 Å². The normalized spacial score (nSPS) is 0. The summed E-state index contributed by atoms with van der Waals surface area (Å²) in [5.41, 5.74) is 0. The molecule has 0 aliphatic heterocycles. The third-order valence-electron chi connectivity index (χ3n) is 0. The smallest absolute Gasteiger partial charge is 0 e. The van der Waals surface area contributed by atoms with Gasteiger partial charge >= 0.3 is 0 Å². The van der Waals surface area contributed by atoms with E-state index in [9.17, 15) is 0 Å². The summed E-state index contributed by atoms with van der Waals surface area (Å²) in [5.74, 6) is 0. The molecule has 0 N–H and O–H groups in total. The average Bonchev–Trinajstić information content (AvgIpc) is 0. The van der Waals surface area contributed by atoms with E-state index in [1.54, 1.807) is 0 Å². The van der Waals surface area contributed by atoms with Gasteiger partial charge in [-0.1, -0.05) is 0 Å². The van der Waals surface area contributed by atoms with E-state index < -0.39 is 0 Å². The summed E-state index contributed by atoms with van der Waals surface area (Å²) >= 11 is 0. The first kappa shape index (κ1) is 664. The minimum absolute atomic E-state index is 0. The Morgan fingerprint density at radius 2 is 0.0116 bits per heavy atom. The Bertz CT molecular complexity index is 0. The van der Waals surface area contributed by atoms with E-state index in [2.05, 4.69) is 0 Å². The fourth-order valence-corrected chi connectivity index (χ4v) is 0. The van der Waals surface area contributed by atoms with Gasteiger partial charge in [0.05, 0.1) is 0 Å². The summed E-state index contributed by atoms with van der Waals surface area (Å²) in [6, 6.07) is 0. The molecule has 0 amide bonds. The Morgan fingerprint density at radius 3 is 0.0116 bits per heavy atom. The van der Waals surface area contributed by atoms with Crippen molar-refractivity contribution in [2.45, 2.75) is 0 Å². The van der Waals surface area contributed by atoms with Crippen LogP contribution in [0.25, 0.3) is 0 Å². The van der Waals surface area contributed by atoms with Crippen molar-refractivity contribution in [1.29, 1.82) is 0 Å². The van der Waals surface area contributed by atoms with Gasteiger partial charge in [-0.3, -0.25) is 0 Å². The Balaban J connectivity index is 0. The Hall–Kier alpha value is 90.5. The second kappa shape index (κ2) is 653. The van der Waals surface area contributed by atoms with Crippen LogP contribution in [0.4, 0.5) is 0 Å². The third kappa shape index (κ3) is 641. The molecule has 344 valence electrons. The molecule has 0 bridgehead atoms. The minimum atomic E-state index is 0. The minimum Gasteiger partial charge on any atom is 0 e. The topological polar surface area (TPSA) is 0 Å². The number of hydrogen-bond donors (Lipinski definition) is 0. The Labute approximate surface area is 2570 Å². The molecule has 0 radical (unpaired) electrons. The van der Waals surface area contributed by atoms with Crippen LogP contribution < -0.4 is 0 Å². The van der Waals surface area contributed by atoms with Gasteiger partial charge < -0.3 is 0 Å². The molecule has 0 spiro atoms. The fourth-order valence-electron chi connectivity index (χ4n) is 0. The van der Waals surface area contributed by atoms with E-state index in [0.29, 0.717) is 0 Å². The molecule has 0 saturated carbocycles. The zero-order chi connectivity index (χ0) is 0. The van der Waals surface area contributed by atoms with Gasteiger partial charge in [-0.15, -0.1) is 0 Å². The molecule has 0 aromatic rings. The van der Waals surface area contributed by atoms with Gasteiger partial charge in [-0.05, 0) is 0 Å². The monoisotopic (exact) mass is 20500 g/mol. The molecule has 0 saturated heterocycles. The summed E-state index contributed by atoms with van der Waals surface area (Å²) in [5, 5.41) is 0. The third-order valence-corrected chi connectivity index (χ3v) is 0. The maximum absolute atomic E-state index is 0. The zero-order valence-electron chi connectivity index (χ0n) is 43.0. The molecule has 0 aromatic heterocycles. The van der Waals surface area contributed by atoms with Crippen LogP contribution in [0.1, 0.15) is 0 Å². The largest absolute Gasteiger partial charge is 0 e. The molecule has 0 aromatic carbocycles. The van der Waals surface area contributed by atoms with Crippen molar-refractivity contribution in [3.05, 3.63) is 0 Å². The predicted octanol–water partition coefficient (Wildman–Crippen LogP) is 0. The maximum Gasteiger partial charge on any atom is 0 e. The first-order valence-corrected chi connectivity index (χ1v) is 0. The van der Waals surface area contributed by atoms with Crippen LogP contribution in [-0.4, -0.2) is 0 Å². The van der Waals surface area contributed by atoms with Crippen molar-refractivity contribution in [3.63, 3.8) is 0 Å². The van der Waals surface area contributed by atoms with Gasteiger partial charge in [0.25, 0.3) is 0 Å². The molecule has 86 heavy (non-hydrogen) atoms. The van der Waals surface area contributed by atoms with Crippen molar-refractivity contribution < 1.29 is 2680 Å². The van der Waals surface area contributed by atoms with Crippen LogP contribution >= 0.6 is 0 Å². The summed E-state index contributed by atoms with van der Waals surface area (Å²) in [6.07, 6.45) is 0. The standard InChI is InChI=1S/86U. The molecule has 0 aliphatic carbocycles. The fraction of sp³-hybridized carbons (Fsp3) is 0. The SMILES string of the molecule is [U].[U].[U].[U].[U].[U].[U].[U].[U].[U].[U].[U].[U].[U].[U].[U].[U].[U].[U].[U].[U].[U].[U].[U].[U].[U].[U].[U].[U].[U].[U].[U].[U].[U].[U].[U].[U].[U].[U].[U].[U].[U].[U].[U].[U].[U].[U].[U].[U].[U].[U].[U].[U].[U].[U].[U].[U].[U].[U].[U].[U].[U].[U].[U].[U].[U].[U].[U].[U].[U].[U].[U].[U].[U].[U].[U].[U].[U].[U].[U].[U].[U].[U].[U].[U].[U].